The van der Waals surface area contributed by atoms with Crippen LogP contribution in [-0.4, -0.2) is 37.5 Å². The lowest BCUT2D eigenvalue weighted by Crippen LogP contribution is -2.20. The van der Waals surface area contributed by atoms with Gasteiger partial charge < -0.3 is 20.7 Å². The summed E-state index contributed by atoms with van der Waals surface area (Å²) in [4.78, 5) is 40.0. The van der Waals surface area contributed by atoms with Gasteiger partial charge in [0.2, 0.25) is 0 Å². The molecular weight excluding hydrogens is 582 g/mol. The smallest absolute Gasteiger partial charge is 0.337 e. The van der Waals surface area contributed by atoms with Crippen molar-refractivity contribution in [2.24, 2.45) is 0 Å². The second-order valence-electron chi connectivity index (χ2n) is 11.9. The van der Waals surface area contributed by atoms with Gasteiger partial charge in [-0.25, -0.2) is 4.79 Å². The summed E-state index contributed by atoms with van der Waals surface area (Å²) in [5.74, 6) is -0.721. The summed E-state index contributed by atoms with van der Waals surface area (Å²) in [6.07, 6.45) is 8.95. The van der Waals surface area contributed by atoms with Crippen LogP contribution >= 0.6 is 11.3 Å². The first-order valence-electron chi connectivity index (χ1n) is 15.8. The lowest BCUT2D eigenvalue weighted by atomic mass is 9.95. The summed E-state index contributed by atoms with van der Waals surface area (Å²) >= 11 is 1.53. The Morgan fingerprint density at radius 1 is 0.778 bits per heavy atom. The molecule has 2 aliphatic rings. The molecule has 0 spiro atoms. The van der Waals surface area contributed by atoms with Gasteiger partial charge in [-0.1, -0.05) is 36.4 Å². The van der Waals surface area contributed by atoms with Gasteiger partial charge in [0.1, 0.15) is 5.00 Å². The van der Waals surface area contributed by atoms with Crippen molar-refractivity contribution in [3.63, 3.8) is 0 Å². The highest BCUT2D eigenvalue weighted by molar-refractivity contribution is 7.17. The molecule has 0 aliphatic heterocycles. The molecule has 0 atom stereocenters. The highest BCUT2D eigenvalue weighted by Crippen LogP contribution is 2.39. The molecule has 1 heterocycles. The average Bonchev–Trinajstić information content (AvgIpc) is 3.82. The maximum Gasteiger partial charge on any atom is 0.337 e. The number of methoxy groups -OCH3 is 1. The summed E-state index contributed by atoms with van der Waals surface area (Å²) in [6.45, 7) is 0.908. The Morgan fingerprint density at radius 3 is 2.20 bits per heavy atom. The van der Waals surface area contributed by atoms with Gasteiger partial charge in [0.05, 0.1) is 18.2 Å². The second-order valence-corrected chi connectivity index (χ2v) is 13.0. The third-order valence-electron chi connectivity index (χ3n) is 8.53. The molecule has 45 heavy (non-hydrogen) atoms. The van der Waals surface area contributed by atoms with Crippen molar-refractivity contribution in [3.8, 4) is 0 Å². The average molecular weight is 622 g/mol. The first-order chi connectivity index (χ1) is 22.0. The van der Waals surface area contributed by atoms with Crippen LogP contribution in [-0.2, 0) is 36.8 Å². The molecule has 3 N–H and O–H groups in total. The molecule has 0 saturated heterocycles. The monoisotopic (exact) mass is 621 g/mol. The van der Waals surface area contributed by atoms with Crippen molar-refractivity contribution in [2.75, 3.05) is 24.3 Å². The molecule has 2 aliphatic carbocycles. The van der Waals surface area contributed by atoms with Gasteiger partial charge in [-0.2, -0.15) is 0 Å². The lowest BCUT2D eigenvalue weighted by molar-refractivity contribution is 0.0600. The predicted molar refractivity (Wildman–Crippen MR) is 180 cm³/mol. The highest BCUT2D eigenvalue weighted by Gasteiger charge is 2.27. The fourth-order valence-corrected chi connectivity index (χ4v) is 7.09. The van der Waals surface area contributed by atoms with E-state index in [9.17, 15) is 14.4 Å². The number of ether oxygens (including phenoxy) is 1. The number of amides is 2. The van der Waals surface area contributed by atoms with Gasteiger partial charge >= 0.3 is 5.97 Å². The summed E-state index contributed by atoms with van der Waals surface area (Å²) in [7, 11) is 1.38. The number of benzene rings is 3. The maximum atomic E-state index is 13.7. The van der Waals surface area contributed by atoms with E-state index < -0.39 is 0 Å². The predicted octanol–water partition coefficient (Wildman–Crippen LogP) is 7.00. The molecule has 0 radical (unpaired) electrons. The normalized spacial score (nSPS) is 14.0. The molecule has 6 rings (SSSR count). The fraction of sp³-hybridized carbons (Fsp3) is 0.324. The number of hydrogen-bond donors (Lipinski definition) is 3. The Hall–Kier alpha value is -4.27. The van der Waals surface area contributed by atoms with Crippen LogP contribution in [0.3, 0.4) is 0 Å². The summed E-state index contributed by atoms with van der Waals surface area (Å²) in [6, 6.07) is 23.8. The van der Waals surface area contributed by atoms with E-state index in [2.05, 4.69) is 22.0 Å². The van der Waals surface area contributed by atoms with Crippen molar-refractivity contribution in [1.29, 1.82) is 0 Å². The number of hydrogen-bond acceptors (Lipinski definition) is 6. The van der Waals surface area contributed by atoms with E-state index in [0.717, 1.165) is 73.7 Å². The van der Waals surface area contributed by atoms with E-state index in [1.807, 2.05) is 54.6 Å². The number of rotatable bonds is 12. The first kappa shape index (κ1) is 30.7. The van der Waals surface area contributed by atoms with Crippen molar-refractivity contribution in [3.05, 3.63) is 117 Å². The molecule has 1 saturated carbocycles. The molecule has 8 heteroatoms. The van der Waals surface area contributed by atoms with Gasteiger partial charge in [0.15, 0.2) is 0 Å². The van der Waals surface area contributed by atoms with Gasteiger partial charge in [-0.05, 0) is 123 Å². The van der Waals surface area contributed by atoms with Crippen LogP contribution in [0.5, 0.6) is 0 Å². The van der Waals surface area contributed by atoms with Crippen molar-refractivity contribution >= 4 is 39.8 Å². The zero-order valence-corrected chi connectivity index (χ0v) is 26.4. The Labute approximate surface area is 268 Å². The van der Waals surface area contributed by atoms with E-state index in [1.165, 1.54) is 36.2 Å². The number of anilines is 2. The number of thiophene rings is 1. The van der Waals surface area contributed by atoms with Crippen LogP contribution < -0.4 is 16.0 Å². The SMILES string of the molecule is COC(=O)c1ccc(CCc2ccc(NC(=O)c3c(NC(=O)c4cccc(CCNC5CC5)c4)sc4c3CCCC4)cc2)cc1. The van der Waals surface area contributed by atoms with Crippen LogP contribution in [0.2, 0.25) is 0 Å². The molecule has 0 bridgehead atoms. The van der Waals surface area contributed by atoms with Crippen LogP contribution in [0.1, 0.15) is 83.9 Å². The fourth-order valence-electron chi connectivity index (χ4n) is 5.81. The van der Waals surface area contributed by atoms with Crippen LogP contribution in [0, 0.1) is 0 Å². The number of nitrogens with one attached hydrogen (secondary N) is 3. The molecule has 3 aromatic carbocycles. The quantitative estimate of drug-likeness (QED) is 0.148. The Bertz CT molecular complexity index is 1670. The van der Waals surface area contributed by atoms with Crippen molar-refractivity contribution < 1.29 is 19.1 Å². The summed E-state index contributed by atoms with van der Waals surface area (Å²) in [5.41, 5.74) is 6.92. The second kappa shape index (κ2) is 14.2. The minimum absolute atomic E-state index is 0.191. The van der Waals surface area contributed by atoms with Crippen LogP contribution in [0.4, 0.5) is 10.7 Å². The highest BCUT2D eigenvalue weighted by atomic mass is 32.1. The van der Waals surface area contributed by atoms with Crippen molar-refractivity contribution in [2.45, 2.75) is 63.8 Å². The van der Waals surface area contributed by atoms with Gasteiger partial charge in [0.25, 0.3) is 11.8 Å². The molecule has 1 aromatic heterocycles. The van der Waals surface area contributed by atoms with E-state index in [0.29, 0.717) is 33.4 Å². The molecule has 232 valence electrons. The van der Waals surface area contributed by atoms with Crippen molar-refractivity contribution in [1.82, 2.24) is 5.32 Å². The molecule has 2 amide bonds. The number of aryl methyl sites for hydroxylation is 3. The Kier molecular flexibility index (Phi) is 9.72. The summed E-state index contributed by atoms with van der Waals surface area (Å²) < 4.78 is 4.77. The molecule has 0 unspecified atom stereocenters. The molecule has 7 nitrogen and oxygen atoms in total. The standard InChI is InChI=1S/C37H39N3O4S/c1-44-37(43)27-15-11-24(12-16-27)9-10-25-13-17-30(18-14-25)39-35(42)33-31-7-2-3-8-32(31)45-36(33)40-34(41)28-6-4-5-26(23-28)21-22-38-29-19-20-29/h4-6,11-18,23,29,38H,2-3,7-10,19-22H2,1H3,(H,39,42)(H,40,41). The summed E-state index contributed by atoms with van der Waals surface area (Å²) in [5, 5.41) is 10.3. The van der Waals surface area contributed by atoms with E-state index in [4.69, 9.17) is 4.74 Å². The maximum absolute atomic E-state index is 13.7. The third-order valence-corrected chi connectivity index (χ3v) is 9.74. The topological polar surface area (TPSA) is 96.5 Å². The largest absolute Gasteiger partial charge is 0.465 e. The Morgan fingerprint density at radius 2 is 1.49 bits per heavy atom. The van der Waals surface area contributed by atoms with E-state index in [1.54, 1.807) is 12.1 Å². The zero-order valence-electron chi connectivity index (χ0n) is 25.6. The van der Waals surface area contributed by atoms with Gasteiger partial charge in [0, 0.05) is 22.2 Å². The number of fused-ring (bicyclic) bond motifs is 1. The van der Waals surface area contributed by atoms with Crippen LogP contribution in [0.15, 0.2) is 72.8 Å². The van der Waals surface area contributed by atoms with E-state index in [-0.39, 0.29) is 17.8 Å². The zero-order chi connectivity index (χ0) is 31.2. The van der Waals surface area contributed by atoms with Gasteiger partial charge in [-0.3, -0.25) is 9.59 Å². The lowest BCUT2D eigenvalue weighted by Gasteiger charge is -2.14. The first-order valence-corrected chi connectivity index (χ1v) is 16.6. The molecule has 4 aromatic rings. The third kappa shape index (κ3) is 7.88. The van der Waals surface area contributed by atoms with E-state index >= 15 is 0 Å². The molecular formula is C37H39N3O4S. The number of carbonyl (C=O) groups excluding carboxylic acids is 3. The number of carbonyl (C=O) groups is 3. The number of esters is 1. The minimum atomic E-state index is -0.339. The molecule has 1 fully saturated rings. The minimum Gasteiger partial charge on any atom is -0.465 e. The van der Waals surface area contributed by atoms with Crippen LogP contribution in [0.25, 0.3) is 0 Å². The van der Waals surface area contributed by atoms with Gasteiger partial charge in [-0.15, -0.1) is 11.3 Å². The Balaban J connectivity index is 1.10.